The third-order valence-electron chi connectivity index (χ3n) is 6.05. The predicted molar refractivity (Wildman–Crippen MR) is 108 cm³/mol. The molecule has 4 heteroatoms. The fourth-order valence-electron chi connectivity index (χ4n) is 4.86. The Morgan fingerprint density at radius 2 is 1.86 bits per heavy atom. The minimum Gasteiger partial charge on any atom is -0.466 e. The maximum Gasteiger partial charge on any atom is 0.306 e. The topological polar surface area (TPSA) is 46.6 Å². The molecule has 0 unspecified atom stereocenters. The second-order valence-electron chi connectivity index (χ2n) is 7.93. The first-order valence-corrected chi connectivity index (χ1v) is 10.2. The van der Waals surface area contributed by atoms with Crippen molar-refractivity contribution in [2.45, 2.75) is 38.6 Å². The van der Waals surface area contributed by atoms with Crippen LogP contribution >= 0.6 is 0 Å². The Balaban J connectivity index is 1.65. The third-order valence-corrected chi connectivity index (χ3v) is 6.05. The second kappa shape index (κ2) is 8.17. The van der Waals surface area contributed by atoms with Crippen LogP contribution in [0, 0.1) is 11.8 Å². The lowest BCUT2D eigenvalue weighted by Crippen LogP contribution is -2.46. The van der Waals surface area contributed by atoms with E-state index >= 15 is 0 Å². The molecule has 0 N–H and O–H groups in total. The molecule has 1 heterocycles. The van der Waals surface area contributed by atoms with E-state index in [9.17, 15) is 9.59 Å². The molecule has 4 rings (SSSR count). The zero-order chi connectivity index (χ0) is 19.5. The molecule has 3 atom stereocenters. The zero-order valence-electron chi connectivity index (χ0n) is 16.3. The molecule has 0 spiro atoms. The summed E-state index contributed by atoms with van der Waals surface area (Å²) in [6, 6.07) is 18.5. The van der Waals surface area contributed by atoms with E-state index in [2.05, 4.69) is 30.3 Å². The SMILES string of the molecule is CCOC(=O)C[C@H]1c2ccccc2C[C@@H]2C[C@H]1C(=O)N(Cc1ccccc1)C2. The average molecular weight is 377 g/mol. The molecule has 2 aliphatic rings. The Labute approximate surface area is 166 Å². The molecule has 2 aromatic rings. The summed E-state index contributed by atoms with van der Waals surface area (Å²) in [5.74, 6) is 0.126. The smallest absolute Gasteiger partial charge is 0.306 e. The van der Waals surface area contributed by atoms with Gasteiger partial charge in [-0.25, -0.2) is 0 Å². The molecule has 146 valence electrons. The average Bonchev–Trinajstić information content (AvgIpc) is 2.82. The largest absolute Gasteiger partial charge is 0.466 e. The minimum absolute atomic E-state index is 0.105. The van der Waals surface area contributed by atoms with E-state index in [1.165, 1.54) is 5.56 Å². The molecular formula is C24H27NO3. The van der Waals surface area contributed by atoms with E-state index in [0.29, 0.717) is 19.1 Å². The Hall–Kier alpha value is -2.62. The Bertz CT molecular complexity index is 848. The normalized spacial score (nSPS) is 23.7. The van der Waals surface area contributed by atoms with Crippen LogP contribution < -0.4 is 0 Å². The van der Waals surface area contributed by atoms with Crippen LogP contribution in [-0.2, 0) is 27.3 Å². The van der Waals surface area contributed by atoms with Crippen molar-refractivity contribution in [2.24, 2.45) is 11.8 Å². The van der Waals surface area contributed by atoms with Crippen LogP contribution in [0.4, 0.5) is 0 Å². The molecule has 0 saturated carbocycles. The lowest BCUT2D eigenvalue weighted by atomic mass is 9.78. The van der Waals surface area contributed by atoms with Gasteiger partial charge >= 0.3 is 5.97 Å². The number of amides is 1. The summed E-state index contributed by atoms with van der Waals surface area (Å²) < 4.78 is 5.23. The summed E-state index contributed by atoms with van der Waals surface area (Å²) in [4.78, 5) is 27.8. The monoisotopic (exact) mass is 377 g/mol. The van der Waals surface area contributed by atoms with Gasteiger partial charge in [-0.3, -0.25) is 9.59 Å². The van der Waals surface area contributed by atoms with Crippen LogP contribution in [0.25, 0.3) is 0 Å². The van der Waals surface area contributed by atoms with Crippen LogP contribution in [-0.4, -0.2) is 29.9 Å². The van der Waals surface area contributed by atoms with Gasteiger partial charge in [0.2, 0.25) is 5.91 Å². The van der Waals surface area contributed by atoms with Gasteiger partial charge in [0.05, 0.1) is 13.0 Å². The van der Waals surface area contributed by atoms with E-state index in [1.807, 2.05) is 36.1 Å². The van der Waals surface area contributed by atoms with Gasteiger partial charge in [-0.05, 0) is 42.4 Å². The molecular weight excluding hydrogens is 350 g/mol. The first-order valence-electron chi connectivity index (χ1n) is 10.2. The van der Waals surface area contributed by atoms with Crippen molar-refractivity contribution in [3.05, 3.63) is 71.3 Å². The zero-order valence-corrected chi connectivity index (χ0v) is 16.3. The number of ether oxygens (including phenoxy) is 1. The summed E-state index contributed by atoms with van der Waals surface area (Å²) >= 11 is 0. The number of benzene rings is 2. The first kappa shape index (κ1) is 18.7. The highest BCUT2D eigenvalue weighted by molar-refractivity contribution is 5.82. The molecule has 4 nitrogen and oxygen atoms in total. The number of likely N-dealkylation sites (tertiary alicyclic amines) is 1. The molecule has 1 amide bonds. The van der Waals surface area contributed by atoms with Gasteiger partial charge in [0.1, 0.15) is 0 Å². The number of fused-ring (bicyclic) bond motifs is 3. The maximum atomic E-state index is 13.4. The molecule has 0 aromatic heterocycles. The molecule has 1 aliphatic heterocycles. The van der Waals surface area contributed by atoms with Gasteiger partial charge in [0.25, 0.3) is 0 Å². The maximum absolute atomic E-state index is 13.4. The molecule has 0 radical (unpaired) electrons. The Morgan fingerprint density at radius 3 is 2.64 bits per heavy atom. The number of hydrogen-bond acceptors (Lipinski definition) is 3. The molecule has 1 saturated heterocycles. The highest BCUT2D eigenvalue weighted by Crippen LogP contribution is 2.43. The highest BCUT2D eigenvalue weighted by Gasteiger charge is 2.43. The van der Waals surface area contributed by atoms with Gasteiger partial charge < -0.3 is 9.64 Å². The highest BCUT2D eigenvalue weighted by atomic mass is 16.5. The fourth-order valence-corrected chi connectivity index (χ4v) is 4.86. The summed E-state index contributed by atoms with van der Waals surface area (Å²) in [6.45, 7) is 3.61. The molecule has 1 aliphatic carbocycles. The molecule has 2 aromatic carbocycles. The number of esters is 1. The van der Waals surface area contributed by atoms with Gasteiger partial charge in [0.15, 0.2) is 0 Å². The van der Waals surface area contributed by atoms with Crippen molar-refractivity contribution in [3.63, 3.8) is 0 Å². The number of nitrogens with zero attached hydrogens (tertiary/aromatic N) is 1. The van der Waals surface area contributed by atoms with Crippen LogP contribution in [0.1, 0.15) is 42.4 Å². The standard InChI is InChI=1S/C24H27NO3/c1-2-28-23(26)14-21-20-11-7-6-10-19(20)12-18-13-22(21)24(27)25(16-18)15-17-8-4-3-5-9-17/h3-11,18,21-22H,2,12-16H2,1H3/t18-,21+,22-/m1/s1. The van der Waals surface area contributed by atoms with Crippen LogP contribution in [0.15, 0.2) is 54.6 Å². The molecule has 1 fully saturated rings. The Morgan fingerprint density at radius 1 is 1.11 bits per heavy atom. The van der Waals surface area contributed by atoms with Gasteiger partial charge in [-0.1, -0.05) is 54.6 Å². The second-order valence-corrected chi connectivity index (χ2v) is 7.93. The van der Waals surface area contributed by atoms with Crippen LogP contribution in [0.5, 0.6) is 0 Å². The number of carbonyl (C=O) groups is 2. The van der Waals surface area contributed by atoms with E-state index in [1.54, 1.807) is 0 Å². The van der Waals surface area contributed by atoms with Crippen molar-refractivity contribution in [2.75, 3.05) is 13.2 Å². The van der Waals surface area contributed by atoms with Crippen LogP contribution in [0.2, 0.25) is 0 Å². The summed E-state index contributed by atoms with van der Waals surface area (Å²) in [5.41, 5.74) is 3.57. The lowest BCUT2D eigenvalue weighted by Gasteiger charge is -2.38. The van der Waals surface area contributed by atoms with Crippen LogP contribution in [0.3, 0.4) is 0 Å². The summed E-state index contributed by atoms with van der Waals surface area (Å²) in [5, 5.41) is 0. The van der Waals surface area contributed by atoms with Crippen molar-refractivity contribution in [1.29, 1.82) is 0 Å². The van der Waals surface area contributed by atoms with Gasteiger partial charge in [0, 0.05) is 24.9 Å². The predicted octanol–water partition coefficient (Wildman–Crippen LogP) is 3.94. The minimum atomic E-state index is -0.214. The van der Waals surface area contributed by atoms with Crippen molar-refractivity contribution in [1.82, 2.24) is 4.90 Å². The van der Waals surface area contributed by atoms with Gasteiger partial charge in [-0.2, -0.15) is 0 Å². The first-order chi connectivity index (χ1) is 13.7. The van der Waals surface area contributed by atoms with E-state index in [4.69, 9.17) is 4.74 Å². The number of carbonyl (C=O) groups excluding carboxylic acids is 2. The fraction of sp³-hybridized carbons (Fsp3) is 0.417. The number of hydrogen-bond donors (Lipinski definition) is 0. The quantitative estimate of drug-likeness (QED) is 0.742. The summed E-state index contributed by atoms with van der Waals surface area (Å²) in [6.07, 6.45) is 2.08. The molecule has 2 bridgehead atoms. The third kappa shape index (κ3) is 3.82. The van der Waals surface area contributed by atoms with Crippen molar-refractivity contribution < 1.29 is 14.3 Å². The van der Waals surface area contributed by atoms with E-state index in [0.717, 1.165) is 30.5 Å². The summed E-state index contributed by atoms with van der Waals surface area (Å²) in [7, 11) is 0. The number of piperidine rings is 1. The van der Waals surface area contributed by atoms with Gasteiger partial charge in [-0.15, -0.1) is 0 Å². The number of rotatable bonds is 5. The lowest BCUT2D eigenvalue weighted by molar-refractivity contribution is -0.146. The Kier molecular flexibility index (Phi) is 5.47. The van der Waals surface area contributed by atoms with E-state index in [-0.39, 0.29) is 30.1 Å². The molecule has 28 heavy (non-hydrogen) atoms. The van der Waals surface area contributed by atoms with E-state index < -0.39 is 0 Å². The van der Waals surface area contributed by atoms with Crippen molar-refractivity contribution >= 4 is 11.9 Å². The van der Waals surface area contributed by atoms with Crippen molar-refractivity contribution in [3.8, 4) is 0 Å².